The number of pyridine rings is 1. The van der Waals surface area contributed by atoms with Crippen molar-refractivity contribution < 1.29 is 4.74 Å². The topological polar surface area (TPSA) is 73.1 Å². The second-order valence-electron chi connectivity index (χ2n) is 4.07. The van der Waals surface area contributed by atoms with Gasteiger partial charge in [-0.05, 0) is 37.5 Å². The molecule has 96 valence electrons. The van der Waals surface area contributed by atoms with E-state index in [-0.39, 0.29) is 6.10 Å². The Balaban J connectivity index is 2.05. The van der Waals surface area contributed by atoms with Gasteiger partial charge in [0.15, 0.2) is 16.6 Å². The van der Waals surface area contributed by atoms with E-state index in [1.807, 2.05) is 32.0 Å². The molecule has 6 heteroatoms. The van der Waals surface area contributed by atoms with Gasteiger partial charge < -0.3 is 15.8 Å². The Hall–Kier alpha value is -1.82. The molecule has 0 aromatic carbocycles. The lowest BCUT2D eigenvalue weighted by Gasteiger charge is -2.11. The predicted molar refractivity (Wildman–Crippen MR) is 73.9 cm³/mol. The Kier molecular flexibility index (Phi) is 3.99. The van der Waals surface area contributed by atoms with Gasteiger partial charge in [-0.3, -0.25) is 4.98 Å². The zero-order chi connectivity index (χ0) is 13.0. The van der Waals surface area contributed by atoms with Crippen LogP contribution in [-0.4, -0.2) is 15.5 Å². The summed E-state index contributed by atoms with van der Waals surface area (Å²) in [6.45, 7) is 4.54. The quantitative estimate of drug-likeness (QED) is 0.868. The third-order valence-corrected chi connectivity index (χ3v) is 2.98. The minimum absolute atomic E-state index is 0.0686. The number of nitrogens with two attached hydrogens (primary N) is 1. The molecular formula is C12H16N4OS. The Morgan fingerprint density at radius 1 is 1.44 bits per heavy atom. The molecule has 18 heavy (non-hydrogen) atoms. The van der Waals surface area contributed by atoms with E-state index in [0.29, 0.717) is 18.1 Å². The fourth-order valence-electron chi connectivity index (χ4n) is 1.43. The second kappa shape index (κ2) is 5.68. The molecule has 3 N–H and O–H groups in total. The highest BCUT2D eigenvalue weighted by atomic mass is 32.1. The number of hydrogen-bond acceptors (Lipinski definition) is 6. The Labute approximate surface area is 110 Å². The van der Waals surface area contributed by atoms with Gasteiger partial charge in [0.25, 0.3) is 0 Å². The van der Waals surface area contributed by atoms with E-state index in [1.165, 1.54) is 11.5 Å². The lowest BCUT2D eigenvalue weighted by molar-refractivity contribution is 0.245. The monoisotopic (exact) mass is 264 g/mol. The molecular weight excluding hydrogens is 248 g/mol. The molecule has 0 fully saturated rings. The number of nitrogens with zero attached hydrogens (tertiary/aromatic N) is 2. The minimum Gasteiger partial charge on any atom is -0.484 e. The molecule has 0 bridgehead atoms. The summed E-state index contributed by atoms with van der Waals surface area (Å²) < 4.78 is 9.74. The van der Waals surface area contributed by atoms with Gasteiger partial charge in [-0.15, -0.1) is 0 Å². The summed E-state index contributed by atoms with van der Waals surface area (Å²) in [6.07, 6.45) is 1.84. The van der Waals surface area contributed by atoms with Crippen LogP contribution in [0.1, 0.15) is 19.5 Å². The highest BCUT2D eigenvalue weighted by molar-refractivity contribution is 7.11. The van der Waals surface area contributed by atoms with Gasteiger partial charge in [0.1, 0.15) is 0 Å². The van der Waals surface area contributed by atoms with E-state index in [9.17, 15) is 0 Å². The van der Waals surface area contributed by atoms with Crippen LogP contribution in [0.4, 0.5) is 10.8 Å². The Bertz CT molecular complexity index is 498. The molecule has 0 aliphatic carbocycles. The number of rotatable bonds is 5. The first-order chi connectivity index (χ1) is 8.66. The van der Waals surface area contributed by atoms with Crippen molar-refractivity contribution in [1.29, 1.82) is 0 Å². The van der Waals surface area contributed by atoms with Crippen LogP contribution in [0, 0.1) is 0 Å². The van der Waals surface area contributed by atoms with Gasteiger partial charge in [-0.2, -0.15) is 4.37 Å². The first kappa shape index (κ1) is 12.6. The van der Waals surface area contributed by atoms with Crippen LogP contribution >= 0.6 is 11.5 Å². The number of aromatic nitrogens is 2. The summed E-state index contributed by atoms with van der Waals surface area (Å²) >= 11 is 1.30. The van der Waals surface area contributed by atoms with Crippen molar-refractivity contribution in [3.05, 3.63) is 30.1 Å². The molecule has 0 aliphatic rings. The van der Waals surface area contributed by atoms with Crippen molar-refractivity contribution in [2.45, 2.75) is 26.5 Å². The van der Waals surface area contributed by atoms with E-state index >= 15 is 0 Å². The van der Waals surface area contributed by atoms with Gasteiger partial charge in [-0.1, -0.05) is 6.07 Å². The molecule has 0 amide bonds. The summed E-state index contributed by atoms with van der Waals surface area (Å²) in [5, 5.41) is 4.08. The fraction of sp³-hybridized carbons (Fsp3) is 0.333. The maximum absolute atomic E-state index is 5.78. The van der Waals surface area contributed by atoms with Gasteiger partial charge >= 0.3 is 0 Å². The lowest BCUT2D eigenvalue weighted by Crippen LogP contribution is -2.09. The van der Waals surface area contributed by atoms with E-state index in [1.54, 1.807) is 6.20 Å². The Morgan fingerprint density at radius 3 is 2.94 bits per heavy atom. The van der Waals surface area contributed by atoms with Crippen LogP contribution in [0.25, 0.3) is 0 Å². The van der Waals surface area contributed by atoms with Gasteiger partial charge in [-0.25, -0.2) is 0 Å². The zero-order valence-electron chi connectivity index (χ0n) is 10.4. The third-order valence-electron chi connectivity index (χ3n) is 2.18. The molecule has 5 nitrogen and oxygen atoms in total. The zero-order valence-corrected chi connectivity index (χ0v) is 11.2. The van der Waals surface area contributed by atoms with Crippen LogP contribution in [-0.2, 0) is 6.54 Å². The fourth-order valence-corrected chi connectivity index (χ4v) is 2.07. The number of hydrogen-bond donors (Lipinski definition) is 2. The third kappa shape index (κ3) is 3.10. The van der Waals surface area contributed by atoms with Crippen molar-refractivity contribution >= 4 is 22.4 Å². The molecule has 2 rings (SSSR count). The van der Waals surface area contributed by atoms with Gasteiger partial charge in [0.05, 0.1) is 18.3 Å². The van der Waals surface area contributed by atoms with E-state index in [0.717, 1.165) is 10.7 Å². The van der Waals surface area contributed by atoms with Crippen molar-refractivity contribution in [3.63, 3.8) is 0 Å². The Morgan fingerprint density at radius 2 is 2.28 bits per heavy atom. The SMILES string of the molecule is CC(C)Oc1c(N)nsc1NCc1ccccn1. The van der Waals surface area contributed by atoms with E-state index in [4.69, 9.17) is 10.5 Å². The predicted octanol–water partition coefficient (Wildman–Crippen LogP) is 2.52. The van der Waals surface area contributed by atoms with Gasteiger partial charge in [0.2, 0.25) is 0 Å². The van der Waals surface area contributed by atoms with Crippen LogP contribution < -0.4 is 15.8 Å². The van der Waals surface area contributed by atoms with Crippen molar-refractivity contribution in [2.24, 2.45) is 0 Å². The molecule has 0 saturated heterocycles. The standard InChI is InChI=1S/C12H16N4OS/c1-8(2)17-10-11(13)16-18-12(10)15-7-9-5-3-4-6-14-9/h3-6,8,15H,7H2,1-2H3,(H2,13,16). The summed E-state index contributed by atoms with van der Waals surface area (Å²) in [6, 6.07) is 5.80. The smallest absolute Gasteiger partial charge is 0.197 e. The number of nitrogens with one attached hydrogen (secondary N) is 1. The summed E-state index contributed by atoms with van der Waals surface area (Å²) in [5.41, 5.74) is 6.74. The average molecular weight is 264 g/mol. The van der Waals surface area contributed by atoms with E-state index < -0.39 is 0 Å². The van der Waals surface area contributed by atoms with Crippen LogP contribution in [0.3, 0.4) is 0 Å². The van der Waals surface area contributed by atoms with Crippen molar-refractivity contribution in [3.8, 4) is 5.75 Å². The largest absolute Gasteiger partial charge is 0.484 e. The maximum Gasteiger partial charge on any atom is 0.197 e. The normalized spacial score (nSPS) is 10.6. The molecule has 0 radical (unpaired) electrons. The van der Waals surface area contributed by atoms with Crippen molar-refractivity contribution in [1.82, 2.24) is 9.36 Å². The minimum atomic E-state index is 0.0686. The lowest BCUT2D eigenvalue weighted by atomic mass is 10.3. The van der Waals surface area contributed by atoms with Crippen LogP contribution in [0.5, 0.6) is 5.75 Å². The van der Waals surface area contributed by atoms with E-state index in [2.05, 4.69) is 14.7 Å². The van der Waals surface area contributed by atoms with Crippen LogP contribution in [0.2, 0.25) is 0 Å². The number of anilines is 2. The molecule has 0 aliphatic heterocycles. The first-order valence-corrected chi connectivity index (χ1v) is 6.49. The van der Waals surface area contributed by atoms with Gasteiger partial charge in [0, 0.05) is 6.20 Å². The summed E-state index contributed by atoms with van der Waals surface area (Å²) in [5.74, 6) is 1.06. The highest BCUT2D eigenvalue weighted by Crippen LogP contribution is 2.36. The second-order valence-corrected chi connectivity index (χ2v) is 4.84. The summed E-state index contributed by atoms with van der Waals surface area (Å²) in [7, 11) is 0. The highest BCUT2D eigenvalue weighted by Gasteiger charge is 2.14. The molecule has 2 heterocycles. The van der Waals surface area contributed by atoms with Crippen molar-refractivity contribution in [2.75, 3.05) is 11.1 Å². The summed E-state index contributed by atoms with van der Waals surface area (Å²) in [4.78, 5) is 4.24. The number of nitrogen functional groups attached to an aromatic ring is 1. The van der Waals surface area contributed by atoms with Crippen LogP contribution in [0.15, 0.2) is 24.4 Å². The number of ether oxygens (including phenoxy) is 1. The maximum atomic E-state index is 5.78. The molecule has 2 aromatic heterocycles. The molecule has 0 saturated carbocycles. The first-order valence-electron chi connectivity index (χ1n) is 5.72. The average Bonchev–Trinajstić information content (AvgIpc) is 2.69. The molecule has 0 unspecified atom stereocenters. The molecule has 2 aromatic rings. The molecule has 0 spiro atoms. The molecule has 0 atom stereocenters.